The molecule has 0 saturated carbocycles. The summed E-state index contributed by atoms with van der Waals surface area (Å²) in [6.07, 6.45) is 3.24. The Morgan fingerprint density at radius 2 is 2.36 bits per heavy atom. The minimum Gasteiger partial charge on any atom is -0.350 e. The molecule has 78 valence electrons. The number of carbonyl (C=O) groups is 1. The van der Waals surface area contributed by atoms with Gasteiger partial charge >= 0.3 is 0 Å². The number of carbonyl (C=O) groups excluding carboxylic acids is 1. The van der Waals surface area contributed by atoms with E-state index in [-0.39, 0.29) is 5.91 Å². The molecule has 1 N–H and O–H groups in total. The topological polar surface area (TPSA) is 46.9 Å². The summed E-state index contributed by atoms with van der Waals surface area (Å²) >= 11 is 0. The van der Waals surface area contributed by atoms with Crippen LogP contribution >= 0.6 is 0 Å². The Morgan fingerprint density at radius 1 is 1.57 bits per heavy atom. The summed E-state index contributed by atoms with van der Waals surface area (Å²) in [5.41, 5.74) is 1.05. The Morgan fingerprint density at radius 3 is 3.00 bits per heavy atom. The lowest BCUT2D eigenvalue weighted by atomic mass is 10.3. The third-order valence-corrected chi connectivity index (χ3v) is 2.05. The third-order valence-electron chi connectivity index (χ3n) is 2.05. The number of hydrogen-bond acceptors (Lipinski definition) is 2. The minimum absolute atomic E-state index is 0.108. The molecule has 0 radical (unpaired) electrons. The molecule has 4 nitrogen and oxygen atoms in total. The van der Waals surface area contributed by atoms with E-state index in [0.29, 0.717) is 13.0 Å². The summed E-state index contributed by atoms with van der Waals surface area (Å²) in [7, 11) is 0. The van der Waals surface area contributed by atoms with E-state index in [0.717, 1.165) is 18.7 Å². The van der Waals surface area contributed by atoms with Crippen LogP contribution in [0.1, 0.15) is 32.4 Å². The Hall–Kier alpha value is -1.32. The zero-order valence-electron chi connectivity index (χ0n) is 8.79. The fourth-order valence-corrected chi connectivity index (χ4v) is 1.30. The monoisotopic (exact) mass is 195 g/mol. The SMILES string of the molecule is CCCC(=O)NCc1ccnn1CC. The number of aryl methyl sites for hydroxylation is 1. The average Bonchev–Trinajstić information content (AvgIpc) is 2.62. The Balaban J connectivity index is 2.41. The van der Waals surface area contributed by atoms with Crippen molar-refractivity contribution < 1.29 is 4.79 Å². The van der Waals surface area contributed by atoms with Gasteiger partial charge in [0.2, 0.25) is 5.91 Å². The Labute approximate surface area is 84.3 Å². The number of amides is 1. The van der Waals surface area contributed by atoms with Crippen molar-refractivity contribution in [1.82, 2.24) is 15.1 Å². The molecule has 0 spiro atoms. The van der Waals surface area contributed by atoms with Crippen molar-refractivity contribution in [2.45, 2.75) is 39.8 Å². The zero-order chi connectivity index (χ0) is 10.4. The lowest BCUT2D eigenvalue weighted by Crippen LogP contribution is -2.23. The first-order valence-electron chi connectivity index (χ1n) is 5.05. The maximum Gasteiger partial charge on any atom is 0.220 e. The van der Waals surface area contributed by atoms with Crippen LogP contribution in [0.15, 0.2) is 12.3 Å². The Kier molecular flexibility index (Phi) is 4.16. The molecule has 4 heteroatoms. The molecule has 1 amide bonds. The summed E-state index contributed by atoms with van der Waals surface area (Å²) in [4.78, 5) is 11.2. The fourth-order valence-electron chi connectivity index (χ4n) is 1.30. The normalized spacial score (nSPS) is 10.1. The van der Waals surface area contributed by atoms with Gasteiger partial charge in [0.15, 0.2) is 0 Å². The van der Waals surface area contributed by atoms with Crippen LogP contribution in [0.4, 0.5) is 0 Å². The summed E-state index contributed by atoms with van der Waals surface area (Å²) < 4.78 is 1.88. The van der Waals surface area contributed by atoms with E-state index < -0.39 is 0 Å². The minimum atomic E-state index is 0.108. The first-order valence-corrected chi connectivity index (χ1v) is 5.05. The van der Waals surface area contributed by atoms with Crippen LogP contribution in [0.5, 0.6) is 0 Å². The smallest absolute Gasteiger partial charge is 0.220 e. The maximum atomic E-state index is 11.2. The van der Waals surface area contributed by atoms with Crippen LogP contribution in [0.3, 0.4) is 0 Å². The van der Waals surface area contributed by atoms with Gasteiger partial charge in [-0.3, -0.25) is 9.48 Å². The quantitative estimate of drug-likeness (QED) is 0.770. The number of rotatable bonds is 5. The van der Waals surface area contributed by atoms with Crippen LogP contribution in [-0.2, 0) is 17.9 Å². The molecular weight excluding hydrogens is 178 g/mol. The standard InChI is InChI=1S/C10H17N3O/c1-3-5-10(14)11-8-9-6-7-12-13(9)4-2/h6-7H,3-5,8H2,1-2H3,(H,11,14). The third kappa shape index (κ3) is 2.87. The van der Waals surface area contributed by atoms with Crippen LogP contribution in [0.25, 0.3) is 0 Å². The molecule has 1 heterocycles. The van der Waals surface area contributed by atoms with E-state index in [1.807, 2.05) is 24.6 Å². The first-order chi connectivity index (χ1) is 6.77. The molecule has 0 aliphatic heterocycles. The highest BCUT2D eigenvalue weighted by atomic mass is 16.1. The van der Waals surface area contributed by atoms with Gasteiger partial charge < -0.3 is 5.32 Å². The van der Waals surface area contributed by atoms with Gasteiger partial charge in [0.1, 0.15) is 0 Å². The lowest BCUT2D eigenvalue weighted by Gasteiger charge is -2.06. The molecule has 0 fully saturated rings. The van der Waals surface area contributed by atoms with Gasteiger partial charge in [-0.15, -0.1) is 0 Å². The molecule has 0 aliphatic rings. The van der Waals surface area contributed by atoms with E-state index in [1.165, 1.54) is 0 Å². The van der Waals surface area contributed by atoms with Gasteiger partial charge in [-0.2, -0.15) is 5.10 Å². The molecule has 14 heavy (non-hydrogen) atoms. The zero-order valence-corrected chi connectivity index (χ0v) is 8.79. The van der Waals surface area contributed by atoms with Crippen LogP contribution in [0, 0.1) is 0 Å². The predicted molar refractivity (Wildman–Crippen MR) is 54.7 cm³/mol. The van der Waals surface area contributed by atoms with Gasteiger partial charge in [-0.25, -0.2) is 0 Å². The summed E-state index contributed by atoms with van der Waals surface area (Å²) in [6.45, 7) is 5.44. The Bertz CT molecular complexity index is 293. The summed E-state index contributed by atoms with van der Waals surface area (Å²) in [5.74, 6) is 0.108. The molecule has 0 bridgehead atoms. The van der Waals surface area contributed by atoms with Crippen molar-refractivity contribution in [3.63, 3.8) is 0 Å². The molecule has 1 rings (SSSR count). The molecule has 0 atom stereocenters. The van der Waals surface area contributed by atoms with Crippen LogP contribution in [-0.4, -0.2) is 15.7 Å². The largest absolute Gasteiger partial charge is 0.350 e. The van der Waals surface area contributed by atoms with Gasteiger partial charge in [0.05, 0.1) is 12.2 Å². The van der Waals surface area contributed by atoms with E-state index in [9.17, 15) is 4.79 Å². The highest BCUT2D eigenvalue weighted by Crippen LogP contribution is 1.98. The van der Waals surface area contributed by atoms with Crippen molar-refractivity contribution in [3.8, 4) is 0 Å². The molecular formula is C10H17N3O. The van der Waals surface area contributed by atoms with Gasteiger partial charge in [-0.05, 0) is 19.4 Å². The first kappa shape index (κ1) is 10.8. The molecule has 1 aromatic heterocycles. The van der Waals surface area contributed by atoms with E-state index >= 15 is 0 Å². The second-order valence-electron chi connectivity index (χ2n) is 3.17. The number of nitrogens with zero attached hydrogens (tertiary/aromatic N) is 2. The molecule has 1 aromatic rings. The number of aromatic nitrogens is 2. The van der Waals surface area contributed by atoms with Crippen molar-refractivity contribution in [3.05, 3.63) is 18.0 Å². The van der Waals surface area contributed by atoms with E-state index in [4.69, 9.17) is 0 Å². The fraction of sp³-hybridized carbons (Fsp3) is 0.600. The lowest BCUT2D eigenvalue weighted by molar-refractivity contribution is -0.121. The molecule has 0 aliphatic carbocycles. The van der Waals surface area contributed by atoms with Crippen LogP contribution in [0.2, 0.25) is 0 Å². The highest BCUT2D eigenvalue weighted by Gasteiger charge is 2.02. The van der Waals surface area contributed by atoms with Gasteiger partial charge in [0.25, 0.3) is 0 Å². The van der Waals surface area contributed by atoms with E-state index in [1.54, 1.807) is 6.20 Å². The second-order valence-corrected chi connectivity index (χ2v) is 3.17. The van der Waals surface area contributed by atoms with Crippen molar-refractivity contribution in [2.24, 2.45) is 0 Å². The molecule has 0 aromatic carbocycles. The number of hydrogen-bond donors (Lipinski definition) is 1. The van der Waals surface area contributed by atoms with Gasteiger partial charge in [0, 0.05) is 19.2 Å². The molecule has 0 unspecified atom stereocenters. The highest BCUT2D eigenvalue weighted by molar-refractivity contribution is 5.75. The summed E-state index contributed by atoms with van der Waals surface area (Å²) in [5, 5.41) is 6.98. The van der Waals surface area contributed by atoms with Crippen molar-refractivity contribution >= 4 is 5.91 Å². The van der Waals surface area contributed by atoms with Crippen molar-refractivity contribution in [1.29, 1.82) is 0 Å². The maximum absolute atomic E-state index is 11.2. The van der Waals surface area contributed by atoms with Crippen LogP contribution < -0.4 is 5.32 Å². The predicted octanol–water partition coefficient (Wildman–Crippen LogP) is 1.32. The number of nitrogens with one attached hydrogen (secondary N) is 1. The van der Waals surface area contributed by atoms with Crippen molar-refractivity contribution in [2.75, 3.05) is 0 Å². The second kappa shape index (κ2) is 5.42. The van der Waals surface area contributed by atoms with E-state index in [2.05, 4.69) is 10.4 Å². The van der Waals surface area contributed by atoms with Gasteiger partial charge in [-0.1, -0.05) is 6.92 Å². The summed E-state index contributed by atoms with van der Waals surface area (Å²) in [6, 6.07) is 1.93. The molecule has 0 saturated heterocycles. The average molecular weight is 195 g/mol.